The first kappa shape index (κ1) is 27.0. The van der Waals surface area contributed by atoms with Crippen LogP contribution in [0.2, 0.25) is 5.02 Å². The first-order chi connectivity index (χ1) is 18.9. The number of carbonyl (C=O) groups excluding carboxylic acids is 1. The maximum Gasteiger partial charge on any atom is 0.254 e. The first-order valence-corrected chi connectivity index (χ1v) is 14.0. The van der Waals surface area contributed by atoms with E-state index in [0.717, 1.165) is 10.3 Å². The number of amides is 1. The Bertz CT molecular complexity index is 1680. The van der Waals surface area contributed by atoms with Crippen LogP contribution in [-0.2, 0) is 6.42 Å². The zero-order valence-electron chi connectivity index (χ0n) is 21.8. The number of carbonyl (C=O) groups is 1. The molecule has 0 fully saturated rings. The maximum absolute atomic E-state index is 14.1. The molecule has 0 aliphatic heterocycles. The van der Waals surface area contributed by atoms with Crippen molar-refractivity contribution in [2.75, 3.05) is 13.1 Å². The third-order valence-electron chi connectivity index (χ3n) is 6.80. The lowest BCUT2D eigenvalue weighted by molar-refractivity contribution is 0.0587. The molecule has 0 spiro atoms. The van der Waals surface area contributed by atoms with Gasteiger partial charge in [-0.2, -0.15) is 0 Å². The molecule has 200 valence electrons. The van der Waals surface area contributed by atoms with Crippen LogP contribution in [0.3, 0.4) is 0 Å². The van der Waals surface area contributed by atoms with Crippen molar-refractivity contribution in [2.45, 2.75) is 32.7 Å². The van der Waals surface area contributed by atoms with Crippen molar-refractivity contribution >= 4 is 50.2 Å². The van der Waals surface area contributed by atoms with Crippen LogP contribution in [0.4, 0.5) is 0 Å². The molecule has 2 N–H and O–H groups in total. The quantitative estimate of drug-likeness (QED) is 0.229. The van der Waals surface area contributed by atoms with E-state index in [2.05, 4.69) is 9.59 Å². The van der Waals surface area contributed by atoms with Crippen molar-refractivity contribution < 1.29 is 9.21 Å². The molecule has 7 nitrogen and oxygen atoms in total. The highest BCUT2D eigenvalue weighted by Gasteiger charge is 2.34. The molecule has 39 heavy (non-hydrogen) atoms. The van der Waals surface area contributed by atoms with Crippen molar-refractivity contribution in [3.63, 3.8) is 0 Å². The number of hydrogen-bond donors (Lipinski definition) is 1. The SMILES string of the molecule is CC(C)C(c1oc2cc(Cl)ccc2c(=O)c1Cc1ccccc1)N(CCCN)C(=O)c1ccc2snnc2c1. The molecule has 3 aromatic carbocycles. The van der Waals surface area contributed by atoms with Crippen molar-refractivity contribution in [2.24, 2.45) is 11.7 Å². The maximum atomic E-state index is 14.1. The summed E-state index contributed by atoms with van der Waals surface area (Å²) in [6.07, 6.45) is 0.961. The smallest absolute Gasteiger partial charge is 0.254 e. The van der Waals surface area contributed by atoms with E-state index in [9.17, 15) is 9.59 Å². The summed E-state index contributed by atoms with van der Waals surface area (Å²) in [5.74, 6) is 0.206. The molecule has 2 heterocycles. The Labute approximate surface area is 235 Å². The lowest BCUT2D eigenvalue weighted by atomic mass is 9.91. The number of nitrogens with two attached hydrogens (primary N) is 1. The first-order valence-electron chi connectivity index (χ1n) is 12.9. The van der Waals surface area contributed by atoms with Gasteiger partial charge in [0.1, 0.15) is 16.9 Å². The van der Waals surface area contributed by atoms with Crippen molar-refractivity contribution in [1.82, 2.24) is 14.5 Å². The lowest BCUT2D eigenvalue weighted by Crippen LogP contribution is -2.40. The van der Waals surface area contributed by atoms with E-state index in [4.69, 9.17) is 21.8 Å². The number of benzene rings is 3. The Kier molecular flexibility index (Phi) is 8.07. The summed E-state index contributed by atoms with van der Waals surface area (Å²) in [5, 5.41) is 5.07. The molecule has 0 saturated heterocycles. The second-order valence-corrected chi connectivity index (χ2v) is 11.1. The minimum absolute atomic E-state index is 0.0781. The molecule has 5 aromatic rings. The summed E-state index contributed by atoms with van der Waals surface area (Å²) in [5.41, 5.74) is 8.83. The summed E-state index contributed by atoms with van der Waals surface area (Å²) in [6.45, 7) is 4.86. The van der Waals surface area contributed by atoms with Crippen LogP contribution in [0.15, 0.2) is 75.9 Å². The van der Waals surface area contributed by atoms with E-state index in [1.54, 1.807) is 35.2 Å². The molecule has 0 aliphatic rings. The van der Waals surface area contributed by atoms with E-state index in [-0.39, 0.29) is 17.3 Å². The van der Waals surface area contributed by atoms with Gasteiger partial charge in [-0.3, -0.25) is 9.59 Å². The standard InChI is InChI=1S/C30H29ClN4O3S/c1-18(2)27(35(14-6-13-32)30(37)20-9-12-26-24(16-20)33-34-39-26)29-23(15-19-7-4-3-5-8-19)28(36)22-11-10-21(31)17-25(22)38-29/h3-5,7-12,16-18,27H,6,13-15,32H2,1-2H3. The topological polar surface area (TPSA) is 102 Å². The van der Waals surface area contributed by atoms with E-state index >= 15 is 0 Å². The van der Waals surface area contributed by atoms with Crippen LogP contribution in [0.1, 0.15) is 53.6 Å². The van der Waals surface area contributed by atoms with Crippen molar-refractivity contribution in [1.29, 1.82) is 0 Å². The van der Waals surface area contributed by atoms with Gasteiger partial charge in [-0.15, -0.1) is 5.10 Å². The summed E-state index contributed by atoms with van der Waals surface area (Å²) in [7, 11) is 0. The molecule has 1 amide bonds. The normalized spacial score (nSPS) is 12.3. The average molecular weight is 561 g/mol. The molecular weight excluding hydrogens is 532 g/mol. The lowest BCUT2D eigenvalue weighted by Gasteiger charge is -2.35. The number of rotatable bonds is 9. The minimum atomic E-state index is -0.525. The highest BCUT2D eigenvalue weighted by Crippen LogP contribution is 2.35. The predicted molar refractivity (Wildman–Crippen MR) is 156 cm³/mol. The fourth-order valence-corrected chi connectivity index (χ4v) is 5.64. The summed E-state index contributed by atoms with van der Waals surface area (Å²) in [6, 6.07) is 19.7. The summed E-state index contributed by atoms with van der Waals surface area (Å²) in [4.78, 5) is 29.8. The number of nitrogens with zero attached hydrogens (tertiary/aromatic N) is 3. The molecule has 1 atom stereocenters. The Morgan fingerprint density at radius 1 is 1.10 bits per heavy atom. The molecule has 5 rings (SSSR count). The minimum Gasteiger partial charge on any atom is -0.458 e. The number of halogens is 1. The van der Waals surface area contributed by atoms with Crippen molar-refractivity contribution in [3.8, 4) is 0 Å². The second-order valence-electron chi connectivity index (χ2n) is 9.86. The summed E-state index contributed by atoms with van der Waals surface area (Å²) < 4.78 is 11.4. The zero-order chi connectivity index (χ0) is 27.5. The van der Waals surface area contributed by atoms with Gasteiger partial charge in [0.25, 0.3) is 5.91 Å². The van der Waals surface area contributed by atoms with Crippen LogP contribution in [-0.4, -0.2) is 33.5 Å². The highest BCUT2D eigenvalue weighted by molar-refractivity contribution is 7.12. The fraction of sp³-hybridized carbons (Fsp3) is 0.267. The molecular formula is C30H29ClN4O3S. The van der Waals surface area contributed by atoms with Gasteiger partial charge in [-0.1, -0.05) is 60.3 Å². The van der Waals surface area contributed by atoms with E-state index in [1.165, 1.54) is 11.5 Å². The predicted octanol–water partition coefficient (Wildman–Crippen LogP) is 6.23. The van der Waals surface area contributed by atoms with E-state index < -0.39 is 6.04 Å². The monoisotopic (exact) mass is 560 g/mol. The third-order valence-corrected chi connectivity index (χ3v) is 7.74. The van der Waals surface area contributed by atoms with Gasteiger partial charge in [-0.05, 0) is 66.3 Å². The van der Waals surface area contributed by atoms with Gasteiger partial charge in [0.15, 0.2) is 5.43 Å². The van der Waals surface area contributed by atoms with Gasteiger partial charge >= 0.3 is 0 Å². The molecule has 9 heteroatoms. The Balaban J connectivity index is 1.69. The van der Waals surface area contributed by atoms with Crippen molar-refractivity contribution in [3.05, 3.63) is 104 Å². The molecule has 0 radical (unpaired) electrons. The van der Waals surface area contributed by atoms with Gasteiger partial charge in [0, 0.05) is 35.2 Å². The highest BCUT2D eigenvalue weighted by atomic mass is 35.5. The van der Waals surface area contributed by atoms with Gasteiger partial charge in [0.05, 0.1) is 16.1 Å². The second kappa shape index (κ2) is 11.7. The molecule has 0 saturated carbocycles. The van der Waals surface area contributed by atoms with E-state index in [1.807, 2.05) is 50.2 Å². The Morgan fingerprint density at radius 3 is 2.64 bits per heavy atom. The van der Waals surface area contributed by atoms with Gasteiger partial charge in [-0.25, -0.2) is 0 Å². The number of aromatic nitrogens is 2. The van der Waals surface area contributed by atoms with Crippen LogP contribution >= 0.6 is 23.1 Å². The van der Waals surface area contributed by atoms with Crippen LogP contribution < -0.4 is 11.2 Å². The zero-order valence-corrected chi connectivity index (χ0v) is 23.3. The third kappa shape index (κ3) is 5.59. The van der Waals surface area contributed by atoms with Crippen LogP contribution in [0.25, 0.3) is 21.2 Å². The summed E-state index contributed by atoms with van der Waals surface area (Å²) >= 11 is 7.57. The number of fused-ring (bicyclic) bond motifs is 2. The average Bonchev–Trinajstić information content (AvgIpc) is 3.40. The Morgan fingerprint density at radius 2 is 1.90 bits per heavy atom. The molecule has 2 aromatic heterocycles. The molecule has 0 bridgehead atoms. The van der Waals surface area contributed by atoms with Crippen LogP contribution in [0, 0.1) is 5.92 Å². The molecule has 0 aliphatic carbocycles. The van der Waals surface area contributed by atoms with Gasteiger partial charge in [0.2, 0.25) is 0 Å². The van der Waals surface area contributed by atoms with E-state index in [0.29, 0.717) is 64.3 Å². The molecule has 1 unspecified atom stereocenters. The van der Waals surface area contributed by atoms with Crippen LogP contribution in [0.5, 0.6) is 0 Å². The fourth-order valence-electron chi connectivity index (χ4n) is 4.94. The largest absolute Gasteiger partial charge is 0.458 e. The van der Waals surface area contributed by atoms with Gasteiger partial charge < -0.3 is 15.1 Å². The Hall–Kier alpha value is -3.59. The number of hydrogen-bond acceptors (Lipinski definition) is 7.